The quantitative estimate of drug-likeness (QED) is 0.641. The number of hydrogen-bond donors (Lipinski definition) is 2. The van der Waals surface area contributed by atoms with E-state index < -0.39 is 18.3 Å². The number of hydrogen-bond acceptors (Lipinski definition) is 3. The highest BCUT2D eigenvalue weighted by Crippen LogP contribution is 2.25. The fourth-order valence-electron chi connectivity index (χ4n) is 1.15. The van der Waals surface area contributed by atoms with E-state index in [1.54, 1.807) is 33.8 Å². The zero-order valence-electron chi connectivity index (χ0n) is 10.6. The van der Waals surface area contributed by atoms with Gasteiger partial charge in [-0.05, 0) is 67.9 Å². The van der Waals surface area contributed by atoms with Crippen molar-refractivity contribution in [3.05, 3.63) is 27.8 Å². The number of benzene rings is 1. The summed E-state index contributed by atoms with van der Waals surface area (Å²) in [5, 5.41) is 20.0. The second-order valence-corrected chi connectivity index (χ2v) is 6.34. The third-order valence-corrected chi connectivity index (χ3v) is 3.68. The lowest BCUT2D eigenvalue weighted by Crippen LogP contribution is -2.53. The molecule has 5 heteroatoms. The first-order valence-corrected chi connectivity index (χ1v) is 6.55. The van der Waals surface area contributed by atoms with Crippen LogP contribution in [-0.2, 0) is 4.65 Å². The molecule has 0 atom stereocenters. The van der Waals surface area contributed by atoms with E-state index >= 15 is 0 Å². The first kappa shape index (κ1) is 15.0. The van der Waals surface area contributed by atoms with Crippen LogP contribution in [0.3, 0.4) is 0 Å². The number of aliphatic hydroxyl groups is 1. The number of rotatable bonds is 4. The van der Waals surface area contributed by atoms with Crippen LogP contribution in [0.5, 0.6) is 0 Å². The number of halogens is 1. The molecule has 1 aromatic carbocycles. The Hall–Kier alpha value is -0.105. The molecule has 0 fully saturated rings. The van der Waals surface area contributed by atoms with Crippen molar-refractivity contribution in [1.29, 1.82) is 0 Å². The van der Waals surface area contributed by atoms with Gasteiger partial charge in [0.25, 0.3) is 0 Å². The molecule has 3 nitrogen and oxygen atoms in total. The van der Waals surface area contributed by atoms with E-state index in [-0.39, 0.29) is 0 Å². The van der Waals surface area contributed by atoms with E-state index in [9.17, 15) is 10.1 Å². The van der Waals surface area contributed by atoms with Crippen LogP contribution in [0, 0.1) is 3.57 Å². The van der Waals surface area contributed by atoms with Gasteiger partial charge in [-0.3, -0.25) is 0 Å². The Morgan fingerprint density at radius 2 is 1.82 bits per heavy atom. The Labute approximate surface area is 116 Å². The van der Waals surface area contributed by atoms with Gasteiger partial charge < -0.3 is 14.8 Å². The molecule has 0 radical (unpaired) electrons. The highest BCUT2D eigenvalue weighted by atomic mass is 127. The van der Waals surface area contributed by atoms with Gasteiger partial charge in [-0.25, -0.2) is 0 Å². The molecule has 0 heterocycles. The molecule has 0 aliphatic carbocycles. The van der Waals surface area contributed by atoms with Crippen LogP contribution in [0.2, 0.25) is 0 Å². The molecule has 0 aliphatic heterocycles. The Balaban J connectivity index is 2.83. The highest BCUT2D eigenvalue weighted by molar-refractivity contribution is 14.1. The lowest BCUT2D eigenvalue weighted by molar-refractivity contribution is -0.0982. The summed E-state index contributed by atoms with van der Waals surface area (Å²) in [6.45, 7) is 6.83. The molecule has 0 bridgehead atoms. The van der Waals surface area contributed by atoms with Crippen LogP contribution in [0.25, 0.3) is 0 Å². The van der Waals surface area contributed by atoms with E-state index in [1.165, 1.54) is 0 Å². The van der Waals surface area contributed by atoms with Crippen LogP contribution in [0.15, 0.2) is 24.3 Å². The molecular weight excluding hydrogens is 330 g/mol. The van der Waals surface area contributed by atoms with Crippen LogP contribution in [0.1, 0.15) is 27.7 Å². The fraction of sp³-hybridized carbons (Fsp3) is 0.500. The average Bonchev–Trinajstić information content (AvgIpc) is 2.15. The lowest BCUT2D eigenvalue weighted by Gasteiger charge is -2.38. The van der Waals surface area contributed by atoms with Gasteiger partial charge in [0, 0.05) is 3.57 Å². The minimum absolute atomic E-state index is 0.689. The summed E-state index contributed by atoms with van der Waals surface area (Å²) < 4.78 is 6.58. The van der Waals surface area contributed by atoms with E-state index in [1.807, 2.05) is 18.2 Å². The summed E-state index contributed by atoms with van der Waals surface area (Å²) in [6, 6.07) is 7.46. The van der Waals surface area contributed by atoms with Gasteiger partial charge in [-0.1, -0.05) is 12.1 Å². The van der Waals surface area contributed by atoms with Crippen molar-refractivity contribution in [2.45, 2.75) is 38.9 Å². The van der Waals surface area contributed by atoms with Gasteiger partial charge in [0.05, 0.1) is 11.2 Å². The van der Waals surface area contributed by atoms with Crippen LogP contribution in [0.4, 0.5) is 0 Å². The maximum atomic E-state index is 10.0. The van der Waals surface area contributed by atoms with Gasteiger partial charge in [0.1, 0.15) is 0 Å². The topological polar surface area (TPSA) is 49.7 Å². The maximum absolute atomic E-state index is 10.0. The van der Waals surface area contributed by atoms with Crippen LogP contribution >= 0.6 is 22.6 Å². The van der Waals surface area contributed by atoms with Gasteiger partial charge in [-0.15, -0.1) is 0 Å². The van der Waals surface area contributed by atoms with Crippen molar-refractivity contribution < 1.29 is 14.8 Å². The third kappa shape index (κ3) is 3.94. The summed E-state index contributed by atoms with van der Waals surface area (Å²) in [4.78, 5) is 0. The third-order valence-electron chi connectivity index (χ3n) is 3.01. The summed E-state index contributed by atoms with van der Waals surface area (Å²) in [7, 11) is -1.04. The van der Waals surface area contributed by atoms with E-state index in [0.29, 0.717) is 5.46 Å². The predicted molar refractivity (Wildman–Crippen MR) is 78.2 cm³/mol. The Kier molecular flexibility index (Phi) is 4.63. The van der Waals surface area contributed by atoms with E-state index in [4.69, 9.17) is 4.65 Å². The van der Waals surface area contributed by atoms with Crippen molar-refractivity contribution in [2.24, 2.45) is 0 Å². The molecule has 94 valence electrons. The molecule has 1 aromatic rings. The molecule has 2 N–H and O–H groups in total. The standard InChI is InChI=1S/C12H18BIO3/c1-11(2,15)12(3,4)17-13(16)9-6-5-7-10(14)8-9/h5-8,15-16H,1-4H3. The van der Waals surface area contributed by atoms with Gasteiger partial charge in [-0.2, -0.15) is 0 Å². The zero-order valence-corrected chi connectivity index (χ0v) is 12.7. The molecule has 0 amide bonds. The molecule has 0 spiro atoms. The molecule has 0 aliphatic rings. The Morgan fingerprint density at radius 1 is 1.24 bits per heavy atom. The van der Waals surface area contributed by atoms with Crippen molar-refractivity contribution in [2.75, 3.05) is 0 Å². The molecular formula is C12H18BIO3. The summed E-state index contributed by atoms with van der Waals surface area (Å²) in [5.74, 6) is 0. The summed E-state index contributed by atoms with van der Waals surface area (Å²) in [5.41, 5.74) is -1.18. The van der Waals surface area contributed by atoms with E-state index in [0.717, 1.165) is 3.57 Å². The van der Waals surface area contributed by atoms with Crippen molar-refractivity contribution in [3.8, 4) is 0 Å². The largest absolute Gasteiger partial charge is 0.491 e. The zero-order chi connectivity index (χ0) is 13.3. The van der Waals surface area contributed by atoms with Crippen molar-refractivity contribution in [1.82, 2.24) is 0 Å². The molecule has 0 aromatic heterocycles. The lowest BCUT2D eigenvalue weighted by atomic mass is 9.76. The molecule has 1 rings (SSSR count). The SMILES string of the molecule is CC(C)(O)C(C)(C)OB(O)c1cccc(I)c1. The maximum Gasteiger partial charge on any atom is 0.491 e. The first-order valence-electron chi connectivity index (χ1n) is 5.47. The van der Waals surface area contributed by atoms with Crippen LogP contribution < -0.4 is 5.46 Å². The second kappa shape index (κ2) is 5.26. The van der Waals surface area contributed by atoms with Crippen molar-refractivity contribution >= 4 is 35.2 Å². The van der Waals surface area contributed by atoms with Crippen LogP contribution in [-0.4, -0.2) is 28.5 Å². The van der Waals surface area contributed by atoms with Gasteiger partial charge in [0.2, 0.25) is 0 Å². The normalized spacial score (nSPS) is 12.6. The smallest absolute Gasteiger partial charge is 0.423 e. The molecule has 0 saturated heterocycles. The average molecular weight is 348 g/mol. The van der Waals surface area contributed by atoms with Gasteiger partial charge >= 0.3 is 7.12 Å². The predicted octanol–water partition coefficient (Wildman–Crippen LogP) is 1.54. The molecule has 17 heavy (non-hydrogen) atoms. The summed E-state index contributed by atoms with van der Waals surface area (Å²) >= 11 is 2.18. The first-order chi connectivity index (χ1) is 7.63. The highest BCUT2D eigenvalue weighted by Gasteiger charge is 2.39. The monoisotopic (exact) mass is 348 g/mol. The molecule has 0 saturated carbocycles. The Morgan fingerprint density at radius 3 is 2.29 bits per heavy atom. The summed E-state index contributed by atoms with van der Waals surface area (Å²) in [6.07, 6.45) is 0. The molecule has 0 unspecified atom stereocenters. The van der Waals surface area contributed by atoms with Gasteiger partial charge in [0.15, 0.2) is 0 Å². The minimum Gasteiger partial charge on any atom is -0.423 e. The van der Waals surface area contributed by atoms with E-state index in [2.05, 4.69) is 22.6 Å². The fourth-order valence-corrected chi connectivity index (χ4v) is 1.72. The second-order valence-electron chi connectivity index (χ2n) is 5.09. The van der Waals surface area contributed by atoms with Crippen molar-refractivity contribution in [3.63, 3.8) is 0 Å². The minimum atomic E-state index is -1.04. The Bertz CT molecular complexity index is 388.